The molecule has 142 valence electrons. The van der Waals surface area contributed by atoms with Crippen molar-refractivity contribution >= 4 is 5.91 Å². The maximum absolute atomic E-state index is 12.7. The first-order valence-corrected chi connectivity index (χ1v) is 8.95. The van der Waals surface area contributed by atoms with Crippen molar-refractivity contribution in [1.82, 2.24) is 24.9 Å². The molecule has 27 heavy (non-hydrogen) atoms. The molecule has 7 heteroatoms. The number of rotatable bonds is 7. The second-order valence-corrected chi connectivity index (χ2v) is 6.42. The standard InChI is InChI=1S/C20H25N5O2/c1-5-25-12-17(14(2)23-25)15-6-8-16(9-7-15)20(26)22-18(13-27-4)19-10-11-21-24(19)3/h6-12,18H,5,13H2,1-4H3,(H,22,26). The molecule has 0 saturated carbocycles. The number of hydrogen-bond acceptors (Lipinski definition) is 4. The fourth-order valence-electron chi connectivity index (χ4n) is 3.10. The molecular weight excluding hydrogens is 342 g/mol. The summed E-state index contributed by atoms with van der Waals surface area (Å²) in [6.45, 7) is 5.25. The Labute approximate surface area is 159 Å². The summed E-state index contributed by atoms with van der Waals surface area (Å²) in [5.41, 5.74) is 4.59. The van der Waals surface area contributed by atoms with Gasteiger partial charge in [0.2, 0.25) is 0 Å². The van der Waals surface area contributed by atoms with Crippen LogP contribution in [0.15, 0.2) is 42.7 Å². The summed E-state index contributed by atoms with van der Waals surface area (Å²) < 4.78 is 8.91. The minimum Gasteiger partial charge on any atom is -0.382 e. The van der Waals surface area contributed by atoms with Crippen molar-refractivity contribution < 1.29 is 9.53 Å². The Kier molecular flexibility index (Phi) is 5.71. The predicted molar refractivity (Wildman–Crippen MR) is 103 cm³/mol. The number of ether oxygens (including phenoxy) is 1. The summed E-state index contributed by atoms with van der Waals surface area (Å²) in [5, 5.41) is 11.7. The number of nitrogens with one attached hydrogen (secondary N) is 1. The lowest BCUT2D eigenvalue weighted by Gasteiger charge is -2.18. The van der Waals surface area contributed by atoms with Crippen molar-refractivity contribution in [3.05, 3.63) is 59.7 Å². The molecule has 0 spiro atoms. The van der Waals surface area contributed by atoms with Crippen molar-refractivity contribution in [1.29, 1.82) is 0 Å². The molecule has 3 rings (SSSR count). The molecular formula is C20H25N5O2. The summed E-state index contributed by atoms with van der Waals surface area (Å²) in [6.07, 6.45) is 3.74. The SMILES string of the molecule is CCn1cc(-c2ccc(C(=O)NC(COC)c3ccnn3C)cc2)c(C)n1. The van der Waals surface area contributed by atoms with Crippen molar-refractivity contribution in [2.24, 2.45) is 7.05 Å². The van der Waals surface area contributed by atoms with E-state index in [4.69, 9.17) is 4.74 Å². The molecule has 2 aromatic heterocycles. The van der Waals surface area contributed by atoms with Gasteiger partial charge in [-0.15, -0.1) is 0 Å². The lowest BCUT2D eigenvalue weighted by atomic mass is 10.0. The van der Waals surface area contributed by atoms with E-state index in [0.29, 0.717) is 12.2 Å². The quantitative estimate of drug-likeness (QED) is 0.697. The Morgan fingerprint density at radius 2 is 2.00 bits per heavy atom. The Morgan fingerprint density at radius 1 is 1.26 bits per heavy atom. The van der Waals surface area contributed by atoms with Crippen molar-refractivity contribution in [3.63, 3.8) is 0 Å². The third kappa shape index (κ3) is 4.09. The average Bonchev–Trinajstić information content (AvgIpc) is 3.26. The molecule has 0 radical (unpaired) electrons. The molecule has 0 saturated heterocycles. The number of carbonyl (C=O) groups is 1. The molecule has 1 aromatic carbocycles. The largest absolute Gasteiger partial charge is 0.382 e. The number of nitrogens with zero attached hydrogens (tertiary/aromatic N) is 4. The van der Waals surface area contributed by atoms with Gasteiger partial charge >= 0.3 is 0 Å². The van der Waals surface area contributed by atoms with Crippen molar-refractivity contribution in [2.75, 3.05) is 13.7 Å². The fourth-order valence-corrected chi connectivity index (χ4v) is 3.10. The molecule has 0 aliphatic carbocycles. The van der Waals surface area contributed by atoms with Crippen LogP contribution in [-0.2, 0) is 18.3 Å². The van der Waals surface area contributed by atoms with Crippen molar-refractivity contribution in [2.45, 2.75) is 26.4 Å². The smallest absolute Gasteiger partial charge is 0.251 e. The van der Waals surface area contributed by atoms with Crippen molar-refractivity contribution in [3.8, 4) is 11.1 Å². The van der Waals surface area contributed by atoms with Crippen LogP contribution in [-0.4, -0.2) is 39.2 Å². The van der Waals surface area contributed by atoms with Gasteiger partial charge in [-0.05, 0) is 37.6 Å². The Morgan fingerprint density at radius 3 is 2.56 bits per heavy atom. The molecule has 1 atom stereocenters. The molecule has 0 aliphatic heterocycles. The Balaban J connectivity index is 1.76. The van der Waals surface area contributed by atoms with Gasteiger partial charge in [0.15, 0.2) is 0 Å². The van der Waals surface area contributed by atoms with Crippen LogP contribution in [0.2, 0.25) is 0 Å². The number of amides is 1. The van der Waals surface area contributed by atoms with E-state index in [2.05, 4.69) is 22.4 Å². The average molecular weight is 367 g/mol. The monoisotopic (exact) mass is 367 g/mol. The molecule has 2 heterocycles. The van der Waals surface area contributed by atoms with E-state index in [1.807, 2.05) is 55.2 Å². The second kappa shape index (κ2) is 8.18. The minimum absolute atomic E-state index is 0.147. The summed E-state index contributed by atoms with van der Waals surface area (Å²) >= 11 is 0. The number of benzene rings is 1. The highest BCUT2D eigenvalue weighted by Gasteiger charge is 2.18. The summed E-state index contributed by atoms with van der Waals surface area (Å²) in [5.74, 6) is -0.147. The minimum atomic E-state index is -0.264. The molecule has 0 aliphatic rings. The number of carbonyl (C=O) groups excluding carboxylic acids is 1. The zero-order valence-corrected chi connectivity index (χ0v) is 16.1. The summed E-state index contributed by atoms with van der Waals surface area (Å²) in [7, 11) is 3.46. The molecule has 3 aromatic rings. The predicted octanol–water partition coefficient (Wildman–Crippen LogP) is 2.73. The van der Waals surface area contributed by atoms with Gasteiger partial charge in [0.25, 0.3) is 5.91 Å². The second-order valence-electron chi connectivity index (χ2n) is 6.42. The van der Waals surface area contributed by atoms with E-state index in [1.54, 1.807) is 18.0 Å². The fraction of sp³-hybridized carbons (Fsp3) is 0.350. The van der Waals surface area contributed by atoms with E-state index in [0.717, 1.165) is 29.1 Å². The maximum atomic E-state index is 12.7. The van der Waals surface area contributed by atoms with Crippen LogP contribution in [0.4, 0.5) is 0 Å². The summed E-state index contributed by atoms with van der Waals surface area (Å²) in [6, 6.07) is 9.19. The maximum Gasteiger partial charge on any atom is 0.251 e. The van der Waals surface area contributed by atoms with Gasteiger partial charge in [0.1, 0.15) is 0 Å². The van der Waals surface area contributed by atoms with Gasteiger partial charge in [0, 0.05) is 44.2 Å². The first-order valence-electron chi connectivity index (χ1n) is 8.95. The van der Waals surface area contributed by atoms with Crippen LogP contribution in [0, 0.1) is 6.92 Å². The Bertz CT molecular complexity index is 911. The van der Waals surface area contributed by atoms with Crippen LogP contribution < -0.4 is 5.32 Å². The van der Waals surface area contributed by atoms with Gasteiger partial charge < -0.3 is 10.1 Å². The molecule has 0 bridgehead atoms. The van der Waals surface area contributed by atoms with E-state index in [9.17, 15) is 4.79 Å². The van der Waals surface area contributed by atoms with Gasteiger partial charge in [0.05, 0.1) is 24.0 Å². The summed E-state index contributed by atoms with van der Waals surface area (Å²) in [4.78, 5) is 12.7. The number of methoxy groups -OCH3 is 1. The molecule has 1 unspecified atom stereocenters. The van der Waals surface area contributed by atoms with Gasteiger partial charge in [-0.25, -0.2) is 0 Å². The van der Waals surface area contributed by atoms with Gasteiger partial charge in [-0.1, -0.05) is 12.1 Å². The molecule has 7 nitrogen and oxygen atoms in total. The van der Waals surface area contributed by atoms with Crippen LogP contribution >= 0.6 is 0 Å². The Hall–Kier alpha value is -2.93. The van der Waals surface area contributed by atoms with Gasteiger partial charge in [-0.3, -0.25) is 14.2 Å². The molecule has 0 fully saturated rings. The first-order chi connectivity index (χ1) is 13.0. The zero-order chi connectivity index (χ0) is 19.4. The van der Waals surface area contributed by atoms with Crippen LogP contribution in [0.1, 0.15) is 34.7 Å². The van der Waals surface area contributed by atoms with E-state index < -0.39 is 0 Å². The topological polar surface area (TPSA) is 74.0 Å². The number of aromatic nitrogens is 4. The van der Waals surface area contributed by atoms with Crippen LogP contribution in [0.3, 0.4) is 0 Å². The third-order valence-corrected chi connectivity index (χ3v) is 4.58. The number of hydrogen-bond donors (Lipinski definition) is 1. The highest BCUT2D eigenvalue weighted by Crippen LogP contribution is 2.23. The molecule has 1 amide bonds. The van der Waals surface area contributed by atoms with Gasteiger partial charge in [-0.2, -0.15) is 10.2 Å². The first kappa shape index (κ1) is 18.8. The highest BCUT2D eigenvalue weighted by molar-refractivity contribution is 5.95. The number of aryl methyl sites for hydroxylation is 3. The van der Waals surface area contributed by atoms with Crippen LogP contribution in [0.5, 0.6) is 0 Å². The zero-order valence-electron chi connectivity index (χ0n) is 16.1. The van der Waals surface area contributed by atoms with Crippen LogP contribution in [0.25, 0.3) is 11.1 Å². The van der Waals surface area contributed by atoms with E-state index in [1.165, 1.54) is 0 Å². The molecule has 1 N–H and O–H groups in total. The van der Waals surface area contributed by atoms with E-state index >= 15 is 0 Å². The lowest BCUT2D eigenvalue weighted by molar-refractivity contribution is 0.0892. The highest BCUT2D eigenvalue weighted by atomic mass is 16.5. The third-order valence-electron chi connectivity index (χ3n) is 4.58. The van der Waals surface area contributed by atoms with E-state index in [-0.39, 0.29) is 11.9 Å². The normalized spacial score (nSPS) is 12.1. The lowest BCUT2D eigenvalue weighted by Crippen LogP contribution is -2.32.